The van der Waals surface area contributed by atoms with Gasteiger partial charge in [-0.1, -0.05) is 15.9 Å². The van der Waals surface area contributed by atoms with Gasteiger partial charge in [-0.3, -0.25) is 0 Å². The first kappa shape index (κ1) is 13.5. The highest BCUT2D eigenvalue weighted by atomic mass is 79.9. The molecule has 0 heterocycles. The molecule has 5 heteroatoms. The SMILES string of the molecule is O=C(O)c1cc(F)cc(COc2ccc(Br)cc2)c1. The highest BCUT2D eigenvalue weighted by molar-refractivity contribution is 9.10. The molecule has 2 rings (SSSR count). The van der Waals surface area contributed by atoms with Crippen molar-refractivity contribution in [3.8, 4) is 5.75 Å². The van der Waals surface area contributed by atoms with Crippen molar-refractivity contribution in [1.29, 1.82) is 0 Å². The number of ether oxygens (including phenoxy) is 1. The van der Waals surface area contributed by atoms with Crippen LogP contribution in [-0.4, -0.2) is 11.1 Å². The van der Waals surface area contributed by atoms with Crippen LogP contribution >= 0.6 is 15.9 Å². The minimum atomic E-state index is -1.16. The summed E-state index contributed by atoms with van der Waals surface area (Å²) in [4.78, 5) is 10.8. The fourth-order valence-electron chi connectivity index (χ4n) is 1.55. The Bertz CT molecular complexity index is 596. The fourth-order valence-corrected chi connectivity index (χ4v) is 1.82. The maximum absolute atomic E-state index is 13.2. The number of hydrogen-bond donors (Lipinski definition) is 1. The van der Waals surface area contributed by atoms with Crippen molar-refractivity contribution < 1.29 is 19.0 Å². The Morgan fingerprint density at radius 1 is 1.21 bits per heavy atom. The molecule has 0 aliphatic heterocycles. The molecule has 0 aromatic heterocycles. The number of halogens is 2. The molecule has 0 saturated carbocycles. The molecule has 98 valence electrons. The summed E-state index contributed by atoms with van der Waals surface area (Å²) in [5.41, 5.74) is 0.384. The Morgan fingerprint density at radius 3 is 2.53 bits per heavy atom. The quantitative estimate of drug-likeness (QED) is 0.928. The van der Waals surface area contributed by atoms with Crippen molar-refractivity contribution >= 4 is 21.9 Å². The predicted octanol–water partition coefficient (Wildman–Crippen LogP) is 3.87. The summed E-state index contributed by atoms with van der Waals surface area (Å²) in [6.45, 7) is 0.111. The molecule has 0 radical (unpaired) electrons. The standard InChI is InChI=1S/C14H10BrFO3/c15-11-1-3-13(4-2-11)19-8-9-5-10(14(17)18)7-12(16)6-9/h1-7H,8H2,(H,17,18). The van der Waals surface area contributed by atoms with E-state index in [0.717, 1.165) is 10.5 Å². The van der Waals surface area contributed by atoms with Gasteiger partial charge in [0, 0.05) is 4.47 Å². The van der Waals surface area contributed by atoms with E-state index < -0.39 is 11.8 Å². The maximum Gasteiger partial charge on any atom is 0.335 e. The van der Waals surface area contributed by atoms with E-state index in [2.05, 4.69) is 15.9 Å². The third-order valence-corrected chi connectivity index (χ3v) is 2.95. The average molecular weight is 325 g/mol. The number of benzene rings is 2. The molecule has 3 nitrogen and oxygen atoms in total. The molecule has 0 saturated heterocycles. The smallest absolute Gasteiger partial charge is 0.335 e. The topological polar surface area (TPSA) is 46.5 Å². The molecule has 0 atom stereocenters. The van der Waals surface area contributed by atoms with Crippen LogP contribution in [-0.2, 0) is 6.61 Å². The summed E-state index contributed by atoms with van der Waals surface area (Å²) < 4.78 is 19.6. The van der Waals surface area contributed by atoms with Crippen molar-refractivity contribution in [2.45, 2.75) is 6.61 Å². The van der Waals surface area contributed by atoms with Gasteiger partial charge >= 0.3 is 5.97 Å². The van der Waals surface area contributed by atoms with Gasteiger partial charge in [-0.15, -0.1) is 0 Å². The number of carboxylic acid groups (broad SMARTS) is 1. The first-order valence-corrected chi connectivity index (χ1v) is 6.25. The van der Waals surface area contributed by atoms with Gasteiger partial charge in [-0.25, -0.2) is 9.18 Å². The molecule has 19 heavy (non-hydrogen) atoms. The molecule has 0 spiro atoms. The molecular weight excluding hydrogens is 315 g/mol. The van der Waals surface area contributed by atoms with Gasteiger partial charge in [0.15, 0.2) is 0 Å². The zero-order valence-corrected chi connectivity index (χ0v) is 11.4. The van der Waals surface area contributed by atoms with Crippen molar-refractivity contribution in [2.24, 2.45) is 0 Å². The van der Waals surface area contributed by atoms with E-state index in [1.165, 1.54) is 12.1 Å². The number of carbonyl (C=O) groups is 1. The second kappa shape index (κ2) is 5.84. The van der Waals surface area contributed by atoms with Gasteiger partial charge < -0.3 is 9.84 Å². The Morgan fingerprint density at radius 2 is 1.89 bits per heavy atom. The lowest BCUT2D eigenvalue weighted by atomic mass is 10.1. The minimum Gasteiger partial charge on any atom is -0.489 e. The molecular formula is C14H10BrFO3. The van der Waals surface area contributed by atoms with Crippen LogP contribution in [0.5, 0.6) is 5.75 Å². The summed E-state index contributed by atoms with van der Waals surface area (Å²) in [5.74, 6) is -1.12. The van der Waals surface area contributed by atoms with Gasteiger partial charge in [0.05, 0.1) is 5.56 Å². The van der Waals surface area contributed by atoms with Crippen LogP contribution in [0, 0.1) is 5.82 Å². The Kier molecular flexibility index (Phi) is 4.16. The van der Waals surface area contributed by atoms with E-state index in [1.54, 1.807) is 12.1 Å². The van der Waals surface area contributed by atoms with Gasteiger partial charge in [-0.2, -0.15) is 0 Å². The Labute approximate surface area is 117 Å². The van der Waals surface area contributed by atoms with Crippen LogP contribution in [0.2, 0.25) is 0 Å². The summed E-state index contributed by atoms with van der Waals surface area (Å²) in [6, 6.07) is 10.8. The number of hydrogen-bond acceptors (Lipinski definition) is 2. The Balaban J connectivity index is 2.11. The molecule has 0 amide bonds. The molecule has 1 N–H and O–H groups in total. The third kappa shape index (κ3) is 3.79. The molecule has 0 unspecified atom stereocenters. The van der Waals surface area contributed by atoms with E-state index in [9.17, 15) is 9.18 Å². The third-order valence-electron chi connectivity index (χ3n) is 2.42. The highest BCUT2D eigenvalue weighted by Gasteiger charge is 2.07. The lowest BCUT2D eigenvalue weighted by Gasteiger charge is -2.07. The van der Waals surface area contributed by atoms with Crippen molar-refractivity contribution in [2.75, 3.05) is 0 Å². The van der Waals surface area contributed by atoms with E-state index in [1.807, 2.05) is 12.1 Å². The summed E-state index contributed by atoms with van der Waals surface area (Å²) in [5, 5.41) is 8.84. The second-order valence-electron chi connectivity index (χ2n) is 3.90. The molecule has 0 aliphatic rings. The summed E-state index contributed by atoms with van der Waals surface area (Å²) in [6.07, 6.45) is 0. The van der Waals surface area contributed by atoms with E-state index in [4.69, 9.17) is 9.84 Å². The van der Waals surface area contributed by atoms with Crippen LogP contribution in [0.1, 0.15) is 15.9 Å². The number of aromatic carboxylic acids is 1. The van der Waals surface area contributed by atoms with Crippen molar-refractivity contribution in [3.63, 3.8) is 0 Å². The predicted molar refractivity (Wildman–Crippen MR) is 71.8 cm³/mol. The maximum atomic E-state index is 13.2. The molecule has 2 aromatic carbocycles. The summed E-state index contributed by atoms with van der Waals surface area (Å²) in [7, 11) is 0. The van der Waals surface area contributed by atoms with Crippen LogP contribution in [0.3, 0.4) is 0 Å². The largest absolute Gasteiger partial charge is 0.489 e. The van der Waals surface area contributed by atoms with E-state index in [-0.39, 0.29) is 12.2 Å². The molecule has 0 aliphatic carbocycles. The number of rotatable bonds is 4. The van der Waals surface area contributed by atoms with Gasteiger partial charge in [0.25, 0.3) is 0 Å². The van der Waals surface area contributed by atoms with Gasteiger partial charge in [-0.05, 0) is 48.0 Å². The monoisotopic (exact) mass is 324 g/mol. The minimum absolute atomic E-state index is 0.0885. The molecule has 0 bridgehead atoms. The summed E-state index contributed by atoms with van der Waals surface area (Å²) >= 11 is 3.31. The normalized spacial score (nSPS) is 10.2. The fraction of sp³-hybridized carbons (Fsp3) is 0.0714. The van der Waals surface area contributed by atoms with Crippen LogP contribution < -0.4 is 4.74 Å². The second-order valence-corrected chi connectivity index (χ2v) is 4.81. The lowest BCUT2D eigenvalue weighted by molar-refractivity contribution is 0.0696. The average Bonchev–Trinajstić information content (AvgIpc) is 2.37. The first-order valence-electron chi connectivity index (χ1n) is 5.46. The molecule has 2 aromatic rings. The van der Waals surface area contributed by atoms with Crippen LogP contribution in [0.4, 0.5) is 4.39 Å². The van der Waals surface area contributed by atoms with Crippen LogP contribution in [0.15, 0.2) is 46.9 Å². The zero-order chi connectivity index (χ0) is 13.8. The van der Waals surface area contributed by atoms with Gasteiger partial charge in [0.2, 0.25) is 0 Å². The van der Waals surface area contributed by atoms with Crippen molar-refractivity contribution in [1.82, 2.24) is 0 Å². The highest BCUT2D eigenvalue weighted by Crippen LogP contribution is 2.18. The van der Waals surface area contributed by atoms with Crippen LogP contribution in [0.25, 0.3) is 0 Å². The van der Waals surface area contributed by atoms with E-state index >= 15 is 0 Å². The zero-order valence-electron chi connectivity index (χ0n) is 9.77. The lowest BCUT2D eigenvalue weighted by Crippen LogP contribution is -2.02. The van der Waals surface area contributed by atoms with E-state index in [0.29, 0.717) is 11.3 Å². The first-order chi connectivity index (χ1) is 9.04. The Hall–Kier alpha value is -1.88. The number of carboxylic acids is 1. The van der Waals surface area contributed by atoms with Crippen molar-refractivity contribution in [3.05, 3.63) is 63.9 Å². The van der Waals surface area contributed by atoms with Gasteiger partial charge in [0.1, 0.15) is 18.2 Å². The molecule has 0 fully saturated rings.